The summed E-state index contributed by atoms with van der Waals surface area (Å²) in [5.41, 5.74) is 0.0105. The predicted octanol–water partition coefficient (Wildman–Crippen LogP) is 2.11. The zero-order chi connectivity index (χ0) is 18.0. The van der Waals surface area contributed by atoms with Crippen LogP contribution in [0, 0.1) is 12.3 Å². The summed E-state index contributed by atoms with van der Waals surface area (Å²) < 4.78 is 5.16. The third-order valence-corrected chi connectivity index (χ3v) is 5.02. The van der Waals surface area contributed by atoms with Gasteiger partial charge in [0.15, 0.2) is 0 Å². The fourth-order valence-corrected chi connectivity index (χ4v) is 3.43. The molecular formula is C19H21NO5. The smallest absolute Gasteiger partial charge is 0.312 e. The highest BCUT2D eigenvalue weighted by molar-refractivity contribution is 5.95. The number of hydrogen-bond donors (Lipinski definition) is 2. The molecule has 0 bridgehead atoms. The van der Waals surface area contributed by atoms with E-state index in [-0.39, 0.29) is 31.8 Å². The number of carboxylic acids is 1. The highest BCUT2D eigenvalue weighted by Crippen LogP contribution is 2.36. The molecule has 6 heteroatoms. The number of hydrogen-bond acceptors (Lipinski definition) is 4. The normalized spacial score (nSPS) is 23.4. The lowest BCUT2D eigenvalue weighted by Crippen LogP contribution is -2.57. The number of β-amino-alcohol motifs (C(OH)–C–C–N with tert-alkyl or cyclic N) is 1. The zero-order valence-corrected chi connectivity index (χ0v) is 14.0. The first-order valence-electron chi connectivity index (χ1n) is 8.23. The van der Waals surface area contributed by atoms with Gasteiger partial charge in [-0.1, -0.05) is 30.3 Å². The largest absolute Gasteiger partial charge is 0.481 e. The van der Waals surface area contributed by atoms with E-state index in [2.05, 4.69) is 0 Å². The van der Waals surface area contributed by atoms with E-state index in [1.807, 2.05) is 30.3 Å². The molecule has 0 saturated carbocycles. The van der Waals surface area contributed by atoms with Crippen molar-refractivity contribution >= 4 is 11.9 Å². The monoisotopic (exact) mass is 343 g/mol. The third kappa shape index (κ3) is 3.17. The van der Waals surface area contributed by atoms with Crippen molar-refractivity contribution in [3.05, 3.63) is 59.5 Å². The summed E-state index contributed by atoms with van der Waals surface area (Å²) in [4.78, 5) is 26.0. The first kappa shape index (κ1) is 17.2. The van der Waals surface area contributed by atoms with Gasteiger partial charge in [-0.05, 0) is 31.4 Å². The summed E-state index contributed by atoms with van der Waals surface area (Å²) in [6.45, 7) is 1.97. The summed E-state index contributed by atoms with van der Waals surface area (Å²) in [6.07, 6.45) is 0.730. The highest BCUT2D eigenvalue weighted by Gasteiger charge is 2.49. The van der Waals surface area contributed by atoms with Crippen LogP contribution < -0.4 is 0 Å². The Morgan fingerprint density at radius 1 is 1.28 bits per heavy atom. The molecule has 1 aliphatic rings. The fraction of sp³-hybridized carbons (Fsp3) is 0.368. The van der Waals surface area contributed by atoms with Gasteiger partial charge in [0.25, 0.3) is 5.91 Å². The second-order valence-electron chi connectivity index (χ2n) is 6.53. The third-order valence-electron chi connectivity index (χ3n) is 5.02. The van der Waals surface area contributed by atoms with Gasteiger partial charge in [-0.25, -0.2) is 0 Å². The molecule has 2 atom stereocenters. The molecule has 6 nitrogen and oxygen atoms in total. The average Bonchev–Trinajstić information content (AvgIpc) is 3.02. The number of aliphatic hydroxyl groups is 1. The number of carbonyl (C=O) groups excluding carboxylic acids is 1. The summed E-state index contributed by atoms with van der Waals surface area (Å²) in [5, 5.41) is 20.4. The Hall–Kier alpha value is -2.60. The van der Waals surface area contributed by atoms with Crippen molar-refractivity contribution in [1.29, 1.82) is 0 Å². The number of furan rings is 1. The molecular weight excluding hydrogens is 322 g/mol. The molecule has 0 radical (unpaired) electrons. The molecule has 1 fully saturated rings. The second kappa shape index (κ2) is 6.72. The van der Waals surface area contributed by atoms with E-state index in [0.29, 0.717) is 11.3 Å². The maximum absolute atomic E-state index is 12.6. The molecule has 1 aliphatic heterocycles. The number of carbonyl (C=O) groups is 2. The van der Waals surface area contributed by atoms with Crippen molar-refractivity contribution in [1.82, 2.24) is 4.90 Å². The number of rotatable bonds is 4. The number of piperidine rings is 1. The van der Waals surface area contributed by atoms with E-state index in [4.69, 9.17) is 4.42 Å². The number of benzene rings is 1. The van der Waals surface area contributed by atoms with Crippen LogP contribution in [0.1, 0.15) is 28.1 Å². The van der Waals surface area contributed by atoms with Gasteiger partial charge in [0.05, 0.1) is 17.9 Å². The quantitative estimate of drug-likeness (QED) is 0.887. The molecule has 0 aliphatic carbocycles. The summed E-state index contributed by atoms with van der Waals surface area (Å²) in [5.74, 6) is -0.765. The van der Waals surface area contributed by atoms with Crippen molar-refractivity contribution in [2.75, 3.05) is 13.1 Å². The molecule has 1 amide bonds. The molecule has 1 aromatic carbocycles. The molecule has 0 spiro atoms. The van der Waals surface area contributed by atoms with Crippen LogP contribution in [0.25, 0.3) is 0 Å². The van der Waals surface area contributed by atoms with E-state index >= 15 is 0 Å². The molecule has 2 heterocycles. The fourth-order valence-electron chi connectivity index (χ4n) is 3.43. The first-order valence-corrected chi connectivity index (χ1v) is 8.23. The van der Waals surface area contributed by atoms with Crippen molar-refractivity contribution in [2.45, 2.75) is 25.9 Å². The van der Waals surface area contributed by atoms with Crippen LogP contribution in [0.2, 0.25) is 0 Å². The Bertz CT molecular complexity index is 769. The van der Waals surface area contributed by atoms with Gasteiger partial charge in [-0.15, -0.1) is 0 Å². The van der Waals surface area contributed by atoms with Crippen LogP contribution in [-0.4, -0.2) is 46.2 Å². The maximum Gasteiger partial charge on any atom is 0.312 e. The van der Waals surface area contributed by atoms with Crippen molar-refractivity contribution in [3.8, 4) is 0 Å². The minimum Gasteiger partial charge on any atom is -0.481 e. The number of aliphatic hydroxyl groups excluding tert-OH is 1. The lowest BCUT2D eigenvalue weighted by molar-refractivity contribution is -0.161. The van der Waals surface area contributed by atoms with Gasteiger partial charge in [-0.2, -0.15) is 0 Å². The molecule has 0 unspecified atom stereocenters. The number of amides is 1. The zero-order valence-electron chi connectivity index (χ0n) is 14.0. The molecule has 1 saturated heterocycles. The Kier molecular flexibility index (Phi) is 4.63. The number of likely N-dealkylation sites (tertiary alicyclic amines) is 1. The lowest BCUT2D eigenvalue weighted by atomic mass is 9.71. The highest BCUT2D eigenvalue weighted by atomic mass is 16.4. The van der Waals surface area contributed by atoms with Crippen molar-refractivity contribution in [2.24, 2.45) is 5.41 Å². The molecule has 25 heavy (non-hydrogen) atoms. The minimum atomic E-state index is -1.29. The van der Waals surface area contributed by atoms with E-state index in [1.165, 1.54) is 11.2 Å². The van der Waals surface area contributed by atoms with Crippen LogP contribution in [-0.2, 0) is 11.2 Å². The van der Waals surface area contributed by atoms with Crippen LogP contribution in [0.3, 0.4) is 0 Å². The van der Waals surface area contributed by atoms with Gasteiger partial charge >= 0.3 is 5.97 Å². The number of carboxylic acid groups (broad SMARTS) is 1. The van der Waals surface area contributed by atoms with E-state index < -0.39 is 17.5 Å². The Morgan fingerprint density at radius 3 is 2.56 bits per heavy atom. The summed E-state index contributed by atoms with van der Waals surface area (Å²) >= 11 is 0. The lowest BCUT2D eigenvalue weighted by Gasteiger charge is -2.42. The number of aryl methyl sites for hydroxylation is 1. The molecule has 2 N–H and O–H groups in total. The van der Waals surface area contributed by atoms with E-state index in [9.17, 15) is 19.8 Å². The van der Waals surface area contributed by atoms with Crippen LogP contribution in [0.5, 0.6) is 0 Å². The maximum atomic E-state index is 12.6. The van der Waals surface area contributed by atoms with Gasteiger partial charge in [0.2, 0.25) is 0 Å². The van der Waals surface area contributed by atoms with Gasteiger partial charge in [0.1, 0.15) is 11.2 Å². The van der Waals surface area contributed by atoms with Gasteiger partial charge < -0.3 is 19.5 Å². The van der Waals surface area contributed by atoms with E-state index in [0.717, 1.165) is 5.56 Å². The van der Waals surface area contributed by atoms with Crippen LogP contribution >= 0.6 is 0 Å². The summed E-state index contributed by atoms with van der Waals surface area (Å²) in [6, 6.07) is 10.8. The SMILES string of the molecule is Cc1occc1C(=O)N1CC[C@](Cc2ccccc2)(C(=O)O)[C@@H](O)C1. The number of nitrogens with zero attached hydrogens (tertiary/aromatic N) is 1. The molecule has 132 valence electrons. The first-order chi connectivity index (χ1) is 11.9. The average molecular weight is 343 g/mol. The molecule has 1 aromatic heterocycles. The Labute approximate surface area is 145 Å². The molecule has 2 aromatic rings. The van der Waals surface area contributed by atoms with Gasteiger partial charge in [-0.3, -0.25) is 9.59 Å². The van der Waals surface area contributed by atoms with Crippen LogP contribution in [0.15, 0.2) is 47.1 Å². The van der Waals surface area contributed by atoms with Gasteiger partial charge in [0, 0.05) is 13.1 Å². The van der Waals surface area contributed by atoms with Crippen molar-refractivity contribution < 1.29 is 24.2 Å². The Balaban J connectivity index is 1.80. The molecule has 3 rings (SSSR count). The number of aliphatic carboxylic acids is 1. The topological polar surface area (TPSA) is 91.0 Å². The van der Waals surface area contributed by atoms with E-state index in [1.54, 1.807) is 13.0 Å². The Morgan fingerprint density at radius 2 is 2.00 bits per heavy atom. The van der Waals surface area contributed by atoms with Crippen LogP contribution in [0.4, 0.5) is 0 Å². The van der Waals surface area contributed by atoms with Crippen molar-refractivity contribution in [3.63, 3.8) is 0 Å². The minimum absolute atomic E-state index is 0.0113. The summed E-state index contributed by atoms with van der Waals surface area (Å²) in [7, 11) is 0. The standard InChI is InChI=1S/C19H21NO5/c1-13-15(7-10-25-13)17(22)20-9-8-19(18(23)24,16(21)12-20)11-14-5-3-2-4-6-14/h2-7,10,16,21H,8-9,11-12H2,1H3,(H,23,24)/t16-,19+/m0/s1. The second-order valence-corrected chi connectivity index (χ2v) is 6.53. The predicted molar refractivity (Wildman–Crippen MR) is 90.2 cm³/mol.